The average molecular weight is 277 g/mol. The fraction of sp³-hybridized carbons (Fsp3) is 0.364. The van der Waals surface area contributed by atoms with Crippen molar-refractivity contribution in [1.82, 2.24) is 0 Å². The molecular formula is C11H10F3NO4. The number of ether oxygens (including phenoxy) is 1. The summed E-state index contributed by atoms with van der Waals surface area (Å²) in [6.45, 7) is 0.766. The van der Waals surface area contributed by atoms with Crippen LogP contribution in [-0.4, -0.2) is 23.0 Å². The summed E-state index contributed by atoms with van der Waals surface area (Å²) in [5.41, 5.74) is 0.301. The van der Waals surface area contributed by atoms with E-state index >= 15 is 0 Å². The first-order chi connectivity index (χ1) is 8.71. The SMILES string of the molecule is C[C@H](OCc1ccc([N+](=O)[O-])cc1)C(=O)C(F)(F)F. The molecule has 0 fully saturated rings. The smallest absolute Gasteiger partial charge is 0.366 e. The van der Waals surface area contributed by atoms with Gasteiger partial charge in [-0.1, -0.05) is 0 Å². The molecular weight excluding hydrogens is 267 g/mol. The molecule has 8 heteroatoms. The molecule has 1 aromatic rings. The standard InChI is InChI=1S/C11H10F3NO4/c1-7(10(16)11(12,13)14)19-6-8-2-4-9(5-3-8)15(17)18/h2-5,7H,6H2,1H3/t7-/m0/s1. The highest BCUT2D eigenvalue weighted by molar-refractivity contribution is 5.87. The Labute approximate surface area is 106 Å². The molecule has 0 aliphatic rings. The highest BCUT2D eigenvalue weighted by atomic mass is 19.4. The molecule has 0 unspecified atom stereocenters. The maximum Gasteiger partial charge on any atom is 0.452 e. The molecule has 1 rings (SSSR count). The summed E-state index contributed by atoms with van der Waals surface area (Å²) in [4.78, 5) is 20.6. The maximum atomic E-state index is 12.1. The molecule has 104 valence electrons. The summed E-state index contributed by atoms with van der Waals surface area (Å²) in [5, 5.41) is 10.4. The van der Waals surface area contributed by atoms with Gasteiger partial charge in [-0.25, -0.2) is 0 Å². The first-order valence-corrected chi connectivity index (χ1v) is 5.18. The summed E-state index contributed by atoms with van der Waals surface area (Å²) < 4.78 is 41.0. The van der Waals surface area contributed by atoms with Crippen LogP contribution in [0.25, 0.3) is 0 Å². The highest BCUT2D eigenvalue weighted by Crippen LogP contribution is 2.20. The van der Waals surface area contributed by atoms with Crippen molar-refractivity contribution in [2.24, 2.45) is 0 Å². The first-order valence-electron chi connectivity index (χ1n) is 5.18. The van der Waals surface area contributed by atoms with E-state index in [1.165, 1.54) is 24.3 Å². The van der Waals surface area contributed by atoms with Gasteiger partial charge in [-0.3, -0.25) is 14.9 Å². The molecule has 0 spiro atoms. The van der Waals surface area contributed by atoms with Crippen LogP contribution in [0.15, 0.2) is 24.3 Å². The van der Waals surface area contributed by atoms with Crippen LogP contribution in [0.4, 0.5) is 18.9 Å². The molecule has 0 aliphatic carbocycles. The van der Waals surface area contributed by atoms with Crippen molar-refractivity contribution in [3.05, 3.63) is 39.9 Å². The number of carbonyl (C=O) groups is 1. The van der Waals surface area contributed by atoms with Crippen LogP contribution in [0.2, 0.25) is 0 Å². The third-order valence-corrected chi connectivity index (χ3v) is 2.30. The second-order valence-electron chi connectivity index (χ2n) is 3.74. The Morgan fingerprint density at radius 3 is 2.32 bits per heavy atom. The van der Waals surface area contributed by atoms with E-state index in [2.05, 4.69) is 0 Å². The largest absolute Gasteiger partial charge is 0.452 e. The number of non-ortho nitro benzene ring substituents is 1. The van der Waals surface area contributed by atoms with E-state index in [0.29, 0.717) is 5.56 Å². The lowest BCUT2D eigenvalue weighted by atomic mass is 10.2. The van der Waals surface area contributed by atoms with Crippen LogP contribution in [0.1, 0.15) is 12.5 Å². The molecule has 0 saturated carbocycles. The van der Waals surface area contributed by atoms with Crippen LogP contribution in [0, 0.1) is 10.1 Å². The van der Waals surface area contributed by atoms with Crippen molar-refractivity contribution >= 4 is 11.5 Å². The Morgan fingerprint density at radius 2 is 1.89 bits per heavy atom. The number of rotatable bonds is 5. The van der Waals surface area contributed by atoms with Crippen molar-refractivity contribution in [3.63, 3.8) is 0 Å². The number of hydrogen-bond donors (Lipinski definition) is 0. The topological polar surface area (TPSA) is 69.4 Å². The van der Waals surface area contributed by atoms with E-state index in [-0.39, 0.29) is 12.3 Å². The maximum absolute atomic E-state index is 12.1. The quantitative estimate of drug-likeness (QED) is 0.612. The predicted molar refractivity (Wildman–Crippen MR) is 58.4 cm³/mol. The van der Waals surface area contributed by atoms with E-state index in [1.807, 2.05) is 0 Å². The Kier molecular flexibility index (Phi) is 4.60. The molecule has 0 radical (unpaired) electrons. The molecule has 19 heavy (non-hydrogen) atoms. The normalized spacial score (nSPS) is 13.1. The number of halogens is 3. The zero-order valence-corrected chi connectivity index (χ0v) is 9.81. The number of ketones is 1. The summed E-state index contributed by atoms with van der Waals surface area (Å²) >= 11 is 0. The molecule has 5 nitrogen and oxygen atoms in total. The van der Waals surface area contributed by atoms with Gasteiger partial charge in [0.15, 0.2) is 0 Å². The monoisotopic (exact) mass is 277 g/mol. The molecule has 0 saturated heterocycles. The molecule has 1 aromatic carbocycles. The fourth-order valence-electron chi connectivity index (χ4n) is 1.24. The Hall–Kier alpha value is -1.96. The van der Waals surface area contributed by atoms with Crippen LogP contribution < -0.4 is 0 Å². The van der Waals surface area contributed by atoms with Gasteiger partial charge in [0.2, 0.25) is 0 Å². The minimum atomic E-state index is -4.94. The van der Waals surface area contributed by atoms with Gasteiger partial charge in [0, 0.05) is 12.1 Å². The molecule has 0 bridgehead atoms. The van der Waals surface area contributed by atoms with Crippen LogP contribution in [0.5, 0.6) is 0 Å². The van der Waals surface area contributed by atoms with Crippen LogP contribution in [0.3, 0.4) is 0 Å². The van der Waals surface area contributed by atoms with Crippen molar-refractivity contribution < 1.29 is 27.6 Å². The summed E-state index contributed by atoms with van der Waals surface area (Å²) in [5.74, 6) is -1.96. The van der Waals surface area contributed by atoms with Gasteiger partial charge in [0.25, 0.3) is 11.5 Å². The third kappa shape index (κ3) is 4.32. The van der Waals surface area contributed by atoms with E-state index < -0.39 is 23.0 Å². The number of nitrogens with zero attached hydrogens (tertiary/aromatic N) is 1. The zero-order valence-electron chi connectivity index (χ0n) is 9.81. The Balaban J connectivity index is 2.57. The molecule has 0 amide bonds. The van der Waals surface area contributed by atoms with Gasteiger partial charge in [0.1, 0.15) is 6.10 Å². The second kappa shape index (κ2) is 5.79. The lowest BCUT2D eigenvalue weighted by Crippen LogP contribution is -2.34. The number of Topliss-reactive ketones (excluding diaryl/α,β-unsaturated/α-hetero) is 1. The average Bonchev–Trinajstić information content (AvgIpc) is 2.34. The van der Waals surface area contributed by atoms with E-state index in [9.17, 15) is 28.1 Å². The summed E-state index contributed by atoms with van der Waals surface area (Å²) in [7, 11) is 0. The van der Waals surface area contributed by atoms with Crippen molar-refractivity contribution in [2.75, 3.05) is 0 Å². The van der Waals surface area contributed by atoms with Gasteiger partial charge >= 0.3 is 6.18 Å². The van der Waals surface area contributed by atoms with Crippen molar-refractivity contribution in [2.45, 2.75) is 25.8 Å². The van der Waals surface area contributed by atoms with Crippen LogP contribution >= 0.6 is 0 Å². The van der Waals surface area contributed by atoms with Gasteiger partial charge in [0.05, 0.1) is 11.5 Å². The number of nitro benzene ring substituents is 1. The number of carbonyl (C=O) groups excluding carboxylic acids is 1. The van der Waals surface area contributed by atoms with Gasteiger partial charge in [-0.2, -0.15) is 13.2 Å². The zero-order chi connectivity index (χ0) is 14.6. The highest BCUT2D eigenvalue weighted by Gasteiger charge is 2.42. The lowest BCUT2D eigenvalue weighted by Gasteiger charge is -2.13. The van der Waals surface area contributed by atoms with Gasteiger partial charge in [-0.15, -0.1) is 0 Å². The molecule has 0 aliphatic heterocycles. The second-order valence-corrected chi connectivity index (χ2v) is 3.74. The van der Waals surface area contributed by atoms with Crippen molar-refractivity contribution in [1.29, 1.82) is 0 Å². The Bertz CT molecular complexity index is 470. The van der Waals surface area contributed by atoms with Crippen LogP contribution in [-0.2, 0) is 16.1 Å². The van der Waals surface area contributed by atoms with Gasteiger partial charge in [-0.05, 0) is 24.6 Å². The van der Waals surface area contributed by atoms with Gasteiger partial charge < -0.3 is 4.74 Å². The third-order valence-electron chi connectivity index (χ3n) is 2.30. The first kappa shape index (κ1) is 15.1. The summed E-state index contributed by atoms with van der Waals surface area (Å²) in [6, 6.07) is 5.11. The van der Waals surface area contributed by atoms with Crippen molar-refractivity contribution in [3.8, 4) is 0 Å². The number of hydrogen-bond acceptors (Lipinski definition) is 4. The minimum Gasteiger partial charge on any atom is -0.366 e. The molecule has 1 atom stereocenters. The fourth-order valence-corrected chi connectivity index (χ4v) is 1.24. The predicted octanol–water partition coefficient (Wildman–Crippen LogP) is 2.63. The Morgan fingerprint density at radius 1 is 1.37 bits per heavy atom. The van der Waals surface area contributed by atoms with E-state index in [0.717, 1.165) is 6.92 Å². The van der Waals surface area contributed by atoms with E-state index in [1.54, 1.807) is 0 Å². The number of nitro groups is 1. The van der Waals surface area contributed by atoms with E-state index in [4.69, 9.17) is 4.74 Å². The number of benzene rings is 1. The molecule has 0 N–H and O–H groups in total. The lowest BCUT2D eigenvalue weighted by molar-refractivity contribution is -0.384. The number of alkyl halides is 3. The summed E-state index contributed by atoms with van der Waals surface area (Å²) in [6.07, 6.45) is -6.55. The molecule has 0 heterocycles. The minimum absolute atomic E-state index is 0.136. The molecule has 0 aromatic heterocycles.